The fourth-order valence-electron chi connectivity index (χ4n) is 1.62. The Morgan fingerprint density at radius 1 is 1.20 bits per heavy atom. The van der Waals surface area contributed by atoms with Crippen LogP contribution in [0.1, 0.15) is 51.9 Å². The summed E-state index contributed by atoms with van der Waals surface area (Å²) in [6.45, 7) is 9.61. The van der Waals surface area contributed by atoms with Crippen molar-refractivity contribution < 1.29 is 18.0 Å². The standard InChI is InChI=1S/C14H25O4PS/c1-4-5-6-7-8-9-10-13(2)11-12-14(3)17-19(15,16)18-20/h11-12,20H,2-10H2,1H3,(H,15,16)/b12-11-. The highest BCUT2D eigenvalue weighted by Crippen LogP contribution is 2.46. The molecule has 0 aliphatic rings. The zero-order chi connectivity index (χ0) is 15.4. The predicted molar refractivity (Wildman–Crippen MR) is 86.4 cm³/mol. The third-order valence-electron chi connectivity index (χ3n) is 2.69. The van der Waals surface area contributed by atoms with Gasteiger partial charge in [0, 0.05) is 0 Å². The van der Waals surface area contributed by atoms with Crippen molar-refractivity contribution in [3.8, 4) is 0 Å². The molecule has 1 unspecified atom stereocenters. The first kappa shape index (κ1) is 19.5. The van der Waals surface area contributed by atoms with Gasteiger partial charge in [-0.3, -0.25) is 4.89 Å². The van der Waals surface area contributed by atoms with Crippen LogP contribution in [0.3, 0.4) is 0 Å². The van der Waals surface area contributed by atoms with Crippen LogP contribution in [0.4, 0.5) is 0 Å². The van der Waals surface area contributed by atoms with E-state index in [0.29, 0.717) is 0 Å². The SMILES string of the molecule is C=C(/C=C\C(=C)OP(=O)(O)OS)CCCCCCCC. The molecule has 1 atom stereocenters. The zero-order valence-corrected chi connectivity index (χ0v) is 13.9. The third kappa shape index (κ3) is 11.4. The topological polar surface area (TPSA) is 55.8 Å². The van der Waals surface area contributed by atoms with Gasteiger partial charge in [-0.1, -0.05) is 63.8 Å². The van der Waals surface area contributed by atoms with Crippen LogP contribution in [-0.2, 0) is 13.1 Å². The molecule has 0 bridgehead atoms. The maximum Gasteiger partial charge on any atom is 0.538 e. The first-order valence-electron chi connectivity index (χ1n) is 6.81. The highest BCUT2D eigenvalue weighted by molar-refractivity contribution is 7.80. The molecule has 0 heterocycles. The van der Waals surface area contributed by atoms with Crippen LogP contribution in [0, 0.1) is 0 Å². The number of rotatable bonds is 12. The lowest BCUT2D eigenvalue weighted by molar-refractivity contribution is 0.270. The Morgan fingerprint density at radius 2 is 1.80 bits per heavy atom. The molecule has 0 amide bonds. The minimum Gasteiger partial charge on any atom is -0.404 e. The van der Waals surface area contributed by atoms with Crippen LogP contribution in [0.5, 0.6) is 0 Å². The van der Waals surface area contributed by atoms with Crippen LogP contribution in [0.25, 0.3) is 0 Å². The molecule has 0 saturated heterocycles. The molecule has 0 rings (SSSR count). The van der Waals surface area contributed by atoms with Gasteiger partial charge in [0.1, 0.15) is 5.76 Å². The first-order valence-corrected chi connectivity index (χ1v) is 8.67. The van der Waals surface area contributed by atoms with E-state index in [1.54, 1.807) is 6.08 Å². The van der Waals surface area contributed by atoms with E-state index in [2.05, 4.69) is 41.5 Å². The lowest BCUT2D eigenvalue weighted by Gasteiger charge is -2.08. The molecule has 0 aromatic rings. The Hall–Kier alpha value is -0.480. The number of allylic oxidation sites excluding steroid dienone is 3. The van der Waals surface area contributed by atoms with E-state index < -0.39 is 7.82 Å². The van der Waals surface area contributed by atoms with Gasteiger partial charge in [0.25, 0.3) is 0 Å². The fraction of sp³-hybridized carbons (Fsp3) is 0.571. The minimum atomic E-state index is -4.14. The highest BCUT2D eigenvalue weighted by Gasteiger charge is 2.20. The summed E-state index contributed by atoms with van der Waals surface area (Å²) in [5, 5.41) is 0. The normalized spacial score (nSPS) is 14.2. The lowest BCUT2D eigenvalue weighted by atomic mass is 10.1. The van der Waals surface area contributed by atoms with Gasteiger partial charge in [0.15, 0.2) is 0 Å². The summed E-state index contributed by atoms with van der Waals surface area (Å²) in [5.74, 6) is 0.0361. The van der Waals surface area contributed by atoms with Crippen molar-refractivity contribution >= 4 is 20.7 Å². The molecule has 116 valence electrons. The predicted octanol–water partition coefficient (Wildman–Crippen LogP) is 5.34. The Morgan fingerprint density at radius 3 is 2.40 bits per heavy atom. The van der Waals surface area contributed by atoms with E-state index in [0.717, 1.165) is 18.4 Å². The van der Waals surface area contributed by atoms with Crippen LogP contribution >= 0.6 is 20.7 Å². The molecule has 0 aromatic carbocycles. The molecule has 6 heteroatoms. The largest absolute Gasteiger partial charge is 0.538 e. The van der Waals surface area contributed by atoms with E-state index in [4.69, 9.17) is 4.89 Å². The first-order chi connectivity index (χ1) is 9.41. The van der Waals surface area contributed by atoms with Crippen molar-refractivity contribution in [2.45, 2.75) is 51.9 Å². The minimum absolute atomic E-state index is 0.0361. The summed E-state index contributed by atoms with van der Waals surface area (Å²) < 4.78 is 19.6. The Bertz CT molecular complexity index is 379. The molecule has 0 aromatic heterocycles. The van der Waals surface area contributed by atoms with Gasteiger partial charge in [-0.2, -0.15) is 0 Å². The lowest BCUT2D eigenvalue weighted by Crippen LogP contribution is -1.87. The number of hydrogen-bond donors (Lipinski definition) is 2. The molecular formula is C14H25O4PS. The summed E-state index contributed by atoms with van der Waals surface area (Å²) in [5.41, 5.74) is 0.935. The molecular weight excluding hydrogens is 295 g/mol. The van der Waals surface area contributed by atoms with Crippen molar-refractivity contribution in [3.05, 3.63) is 36.6 Å². The maximum atomic E-state index is 11.1. The van der Waals surface area contributed by atoms with Gasteiger partial charge in [-0.05, 0) is 31.8 Å². The van der Waals surface area contributed by atoms with Gasteiger partial charge >= 0.3 is 7.82 Å². The maximum absolute atomic E-state index is 11.1. The smallest absolute Gasteiger partial charge is 0.404 e. The quantitative estimate of drug-likeness (QED) is 0.127. The van der Waals surface area contributed by atoms with Gasteiger partial charge in [-0.25, -0.2) is 8.54 Å². The van der Waals surface area contributed by atoms with Crippen molar-refractivity contribution in [1.82, 2.24) is 0 Å². The average molecular weight is 320 g/mol. The van der Waals surface area contributed by atoms with E-state index >= 15 is 0 Å². The highest BCUT2D eigenvalue weighted by atomic mass is 32.1. The second-order valence-electron chi connectivity index (χ2n) is 4.62. The average Bonchev–Trinajstić information content (AvgIpc) is 2.40. The molecule has 4 nitrogen and oxygen atoms in total. The summed E-state index contributed by atoms with van der Waals surface area (Å²) in [6, 6.07) is 0. The molecule has 0 radical (unpaired) electrons. The Labute approximate surface area is 127 Å². The second kappa shape index (κ2) is 11.2. The monoisotopic (exact) mass is 320 g/mol. The Kier molecular flexibility index (Phi) is 10.9. The van der Waals surface area contributed by atoms with E-state index in [1.165, 1.54) is 38.2 Å². The van der Waals surface area contributed by atoms with E-state index in [9.17, 15) is 4.57 Å². The molecule has 20 heavy (non-hydrogen) atoms. The van der Waals surface area contributed by atoms with Crippen LogP contribution < -0.4 is 0 Å². The van der Waals surface area contributed by atoms with Crippen LogP contribution in [-0.4, -0.2) is 4.89 Å². The summed E-state index contributed by atoms with van der Waals surface area (Å²) in [7, 11) is -4.14. The number of phosphoric acid groups is 1. The fourth-order valence-corrected chi connectivity index (χ4v) is 2.11. The molecule has 0 fully saturated rings. The Balaban J connectivity index is 3.82. The van der Waals surface area contributed by atoms with Gasteiger partial charge in [0.2, 0.25) is 0 Å². The number of unbranched alkanes of at least 4 members (excludes halogenated alkanes) is 5. The van der Waals surface area contributed by atoms with Gasteiger partial charge in [-0.15, -0.1) is 0 Å². The molecule has 0 spiro atoms. The molecule has 0 aliphatic heterocycles. The van der Waals surface area contributed by atoms with Crippen molar-refractivity contribution in [3.63, 3.8) is 0 Å². The third-order valence-corrected chi connectivity index (χ3v) is 3.98. The molecule has 1 N–H and O–H groups in total. The number of thiol groups is 1. The molecule has 0 aliphatic carbocycles. The number of hydrogen-bond acceptors (Lipinski definition) is 4. The number of phosphoric ester groups is 1. The second-order valence-corrected chi connectivity index (χ2v) is 6.39. The summed E-state index contributed by atoms with van der Waals surface area (Å²) in [4.78, 5) is 9.02. The van der Waals surface area contributed by atoms with Crippen LogP contribution in [0.15, 0.2) is 36.6 Å². The zero-order valence-electron chi connectivity index (χ0n) is 12.1. The van der Waals surface area contributed by atoms with Crippen molar-refractivity contribution in [2.75, 3.05) is 0 Å². The molecule has 0 saturated carbocycles. The van der Waals surface area contributed by atoms with Gasteiger partial charge < -0.3 is 4.52 Å². The van der Waals surface area contributed by atoms with Crippen molar-refractivity contribution in [1.29, 1.82) is 0 Å². The van der Waals surface area contributed by atoms with E-state index in [1.807, 2.05) is 0 Å². The van der Waals surface area contributed by atoms with Gasteiger partial charge in [0.05, 0.1) is 0 Å². The van der Waals surface area contributed by atoms with Crippen LogP contribution in [0.2, 0.25) is 0 Å². The van der Waals surface area contributed by atoms with Crippen molar-refractivity contribution in [2.24, 2.45) is 0 Å². The summed E-state index contributed by atoms with van der Waals surface area (Å²) in [6.07, 6.45) is 11.5. The summed E-state index contributed by atoms with van der Waals surface area (Å²) >= 11 is 3.24. The van der Waals surface area contributed by atoms with E-state index in [-0.39, 0.29) is 5.76 Å².